The summed E-state index contributed by atoms with van der Waals surface area (Å²) in [6.45, 7) is 6.16. The Morgan fingerprint density at radius 3 is 2.57 bits per heavy atom. The number of piperidine rings is 1. The first-order valence-electron chi connectivity index (χ1n) is 8.41. The summed E-state index contributed by atoms with van der Waals surface area (Å²) in [6.07, 6.45) is 2.52. The van der Waals surface area contributed by atoms with Crippen LogP contribution in [0.4, 0.5) is 5.69 Å². The summed E-state index contributed by atoms with van der Waals surface area (Å²) in [5, 5.41) is 3.03. The van der Waals surface area contributed by atoms with Crippen LogP contribution in [0.3, 0.4) is 0 Å². The molecular formula is C18H27N3O2. The van der Waals surface area contributed by atoms with Crippen LogP contribution in [0, 0.1) is 5.92 Å². The molecule has 0 unspecified atom stereocenters. The van der Waals surface area contributed by atoms with Crippen LogP contribution >= 0.6 is 0 Å². The summed E-state index contributed by atoms with van der Waals surface area (Å²) in [6, 6.07) is 7.98. The number of nitrogens with one attached hydrogen (secondary N) is 1. The molecule has 0 spiro atoms. The van der Waals surface area contributed by atoms with Crippen molar-refractivity contribution in [2.24, 2.45) is 11.7 Å². The first-order valence-corrected chi connectivity index (χ1v) is 8.41. The average molecular weight is 317 g/mol. The Balaban J connectivity index is 1.90. The molecule has 0 aliphatic carbocycles. The number of benzene rings is 1. The monoisotopic (exact) mass is 317 g/mol. The van der Waals surface area contributed by atoms with E-state index in [1.165, 1.54) is 5.56 Å². The summed E-state index contributed by atoms with van der Waals surface area (Å²) < 4.78 is 0. The molecule has 0 radical (unpaired) electrons. The lowest BCUT2D eigenvalue weighted by Crippen LogP contribution is -2.42. The fourth-order valence-electron chi connectivity index (χ4n) is 3.03. The lowest BCUT2D eigenvalue weighted by molar-refractivity contribution is -0.123. The molecule has 1 atom stereocenters. The van der Waals surface area contributed by atoms with Crippen molar-refractivity contribution >= 4 is 17.5 Å². The minimum atomic E-state index is -0.225. The van der Waals surface area contributed by atoms with Gasteiger partial charge < -0.3 is 11.1 Å². The van der Waals surface area contributed by atoms with E-state index in [4.69, 9.17) is 5.73 Å². The molecule has 1 fully saturated rings. The van der Waals surface area contributed by atoms with E-state index in [0.29, 0.717) is 12.5 Å². The molecule has 2 amide bonds. The van der Waals surface area contributed by atoms with Crippen LogP contribution in [0.15, 0.2) is 24.3 Å². The molecule has 0 bridgehead atoms. The fourth-order valence-corrected chi connectivity index (χ4v) is 3.03. The van der Waals surface area contributed by atoms with Crippen molar-refractivity contribution in [3.05, 3.63) is 29.8 Å². The van der Waals surface area contributed by atoms with Crippen molar-refractivity contribution in [2.45, 2.75) is 39.0 Å². The predicted octanol–water partition coefficient (Wildman–Crippen LogP) is 2.34. The Hall–Kier alpha value is -1.88. The van der Waals surface area contributed by atoms with Crippen LogP contribution in [0.2, 0.25) is 0 Å². The molecule has 5 nitrogen and oxygen atoms in total. The largest absolute Gasteiger partial charge is 0.369 e. The molecular weight excluding hydrogens is 290 g/mol. The highest BCUT2D eigenvalue weighted by atomic mass is 16.2. The van der Waals surface area contributed by atoms with E-state index in [1.54, 1.807) is 0 Å². The molecule has 0 saturated carbocycles. The number of likely N-dealkylation sites (tertiary alicyclic amines) is 1. The van der Waals surface area contributed by atoms with Gasteiger partial charge in [0, 0.05) is 11.6 Å². The predicted molar refractivity (Wildman–Crippen MR) is 92.1 cm³/mol. The third-order valence-corrected chi connectivity index (χ3v) is 4.74. The fraction of sp³-hybridized carbons (Fsp3) is 0.556. The van der Waals surface area contributed by atoms with E-state index < -0.39 is 0 Å². The van der Waals surface area contributed by atoms with Crippen LogP contribution < -0.4 is 11.1 Å². The molecule has 1 aliphatic rings. The van der Waals surface area contributed by atoms with Gasteiger partial charge in [0.15, 0.2) is 0 Å². The summed E-state index contributed by atoms with van der Waals surface area (Å²) in [7, 11) is 0. The summed E-state index contributed by atoms with van der Waals surface area (Å²) >= 11 is 0. The van der Waals surface area contributed by atoms with E-state index in [1.807, 2.05) is 18.2 Å². The maximum absolute atomic E-state index is 12.3. The topological polar surface area (TPSA) is 75.4 Å². The van der Waals surface area contributed by atoms with E-state index >= 15 is 0 Å². The molecule has 23 heavy (non-hydrogen) atoms. The van der Waals surface area contributed by atoms with Gasteiger partial charge in [-0.05, 0) is 49.9 Å². The molecule has 1 aromatic rings. The standard InChI is InChI=1S/C18H27N3O2/c1-3-13(2)15-6-4-5-7-16(15)20-17(22)12-21-10-8-14(9-11-21)18(19)23/h4-7,13-14H,3,8-12H2,1-2H3,(H2,19,23)(H,20,22)/t13-/m1/s1. The van der Waals surface area contributed by atoms with Gasteiger partial charge in [-0.25, -0.2) is 0 Å². The third kappa shape index (κ3) is 4.79. The second-order valence-electron chi connectivity index (χ2n) is 6.40. The number of nitrogens with two attached hydrogens (primary N) is 1. The normalized spacial score (nSPS) is 17.7. The Morgan fingerprint density at radius 1 is 1.30 bits per heavy atom. The van der Waals surface area contributed by atoms with Crippen molar-refractivity contribution in [3.63, 3.8) is 0 Å². The van der Waals surface area contributed by atoms with Gasteiger partial charge in [0.05, 0.1) is 6.54 Å². The summed E-state index contributed by atoms with van der Waals surface area (Å²) in [4.78, 5) is 25.6. The minimum Gasteiger partial charge on any atom is -0.369 e. The van der Waals surface area contributed by atoms with Crippen LogP contribution in [-0.2, 0) is 9.59 Å². The van der Waals surface area contributed by atoms with Gasteiger partial charge in [-0.3, -0.25) is 14.5 Å². The van der Waals surface area contributed by atoms with E-state index in [0.717, 1.165) is 38.0 Å². The quantitative estimate of drug-likeness (QED) is 0.845. The molecule has 3 N–H and O–H groups in total. The second kappa shape index (κ2) is 8.11. The number of nitrogens with zero attached hydrogens (tertiary/aromatic N) is 1. The van der Waals surface area contributed by atoms with Crippen LogP contribution in [0.5, 0.6) is 0 Å². The lowest BCUT2D eigenvalue weighted by atomic mass is 9.96. The highest BCUT2D eigenvalue weighted by Crippen LogP contribution is 2.26. The molecule has 1 aromatic carbocycles. The Morgan fingerprint density at radius 2 is 1.96 bits per heavy atom. The Bertz CT molecular complexity index is 551. The Kier molecular flexibility index (Phi) is 6.16. The first kappa shape index (κ1) is 17.5. The molecule has 126 valence electrons. The minimum absolute atomic E-state index is 0.00159. The first-order chi connectivity index (χ1) is 11.0. The highest BCUT2D eigenvalue weighted by Gasteiger charge is 2.24. The molecule has 1 saturated heterocycles. The maximum atomic E-state index is 12.3. The van der Waals surface area contributed by atoms with Gasteiger partial charge in [0.1, 0.15) is 0 Å². The number of rotatable bonds is 6. The summed E-state index contributed by atoms with van der Waals surface area (Å²) in [5.74, 6) is 0.146. The molecule has 2 rings (SSSR count). The van der Waals surface area contributed by atoms with Crippen LogP contribution in [0.25, 0.3) is 0 Å². The molecule has 5 heteroatoms. The lowest BCUT2D eigenvalue weighted by Gasteiger charge is -2.30. The van der Waals surface area contributed by atoms with Gasteiger partial charge in [0.25, 0.3) is 0 Å². The van der Waals surface area contributed by atoms with Crippen molar-refractivity contribution in [1.82, 2.24) is 4.90 Å². The van der Waals surface area contributed by atoms with Crippen molar-refractivity contribution < 1.29 is 9.59 Å². The SMILES string of the molecule is CC[C@@H](C)c1ccccc1NC(=O)CN1CCC(C(N)=O)CC1. The zero-order valence-corrected chi connectivity index (χ0v) is 14.0. The number of anilines is 1. The Labute approximate surface area is 138 Å². The summed E-state index contributed by atoms with van der Waals surface area (Å²) in [5.41, 5.74) is 7.42. The third-order valence-electron chi connectivity index (χ3n) is 4.74. The number of carbonyl (C=O) groups is 2. The number of carbonyl (C=O) groups excluding carboxylic acids is 2. The van der Waals surface area contributed by atoms with Gasteiger partial charge in [-0.2, -0.15) is 0 Å². The smallest absolute Gasteiger partial charge is 0.238 e. The van der Waals surface area contributed by atoms with Gasteiger partial charge >= 0.3 is 0 Å². The van der Waals surface area contributed by atoms with Gasteiger partial charge in [-0.15, -0.1) is 0 Å². The van der Waals surface area contributed by atoms with Crippen molar-refractivity contribution in [1.29, 1.82) is 0 Å². The molecule has 0 aromatic heterocycles. The number of amides is 2. The second-order valence-corrected chi connectivity index (χ2v) is 6.40. The number of hydrogen-bond acceptors (Lipinski definition) is 3. The molecule has 1 heterocycles. The van der Waals surface area contributed by atoms with E-state index in [2.05, 4.69) is 30.1 Å². The van der Waals surface area contributed by atoms with Gasteiger partial charge in [0.2, 0.25) is 11.8 Å². The van der Waals surface area contributed by atoms with Crippen molar-refractivity contribution in [3.8, 4) is 0 Å². The van der Waals surface area contributed by atoms with Crippen molar-refractivity contribution in [2.75, 3.05) is 25.0 Å². The van der Waals surface area contributed by atoms with E-state index in [-0.39, 0.29) is 17.7 Å². The van der Waals surface area contributed by atoms with Gasteiger partial charge in [-0.1, -0.05) is 32.0 Å². The van der Waals surface area contributed by atoms with E-state index in [9.17, 15) is 9.59 Å². The number of para-hydroxylation sites is 1. The molecule has 1 aliphatic heterocycles. The average Bonchev–Trinajstić information content (AvgIpc) is 2.55. The number of primary amides is 1. The zero-order chi connectivity index (χ0) is 16.8. The number of hydrogen-bond donors (Lipinski definition) is 2. The van der Waals surface area contributed by atoms with Crippen LogP contribution in [0.1, 0.15) is 44.6 Å². The highest BCUT2D eigenvalue weighted by molar-refractivity contribution is 5.93. The maximum Gasteiger partial charge on any atom is 0.238 e. The van der Waals surface area contributed by atoms with Crippen LogP contribution in [-0.4, -0.2) is 36.3 Å². The zero-order valence-electron chi connectivity index (χ0n) is 14.0.